The van der Waals surface area contributed by atoms with Gasteiger partial charge in [0.05, 0.1) is 11.6 Å². The Morgan fingerprint density at radius 1 is 1.00 bits per heavy atom. The van der Waals surface area contributed by atoms with Crippen LogP contribution in [0.4, 0.5) is 10.1 Å². The average Bonchev–Trinajstić information content (AvgIpc) is 3.33. The summed E-state index contributed by atoms with van der Waals surface area (Å²) in [5.41, 5.74) is 0.659. The number of Topliss-reactive ketones (excluding diaryl/α,β-unsaturated/α-hetero) is 1. The fourth-order valence-electron chi connectivity index (χ4n) is 3.94. The van der Waals surface area contributed by atoms with E-state index in [0.29, 0.717) is 21.7 Å². The standard InChI is InChI=1S/C25H15ClFNO4/c26-15-10-11-19-14(12-15)13-20(32-19)23(29)21-22(17-8-4-5-9-18(17)27)28(25(31)24(21)30)16-6-2-1-3-7-16/h1-13,22,30H. The Hall–Kier alpha value is -3.90. The molecule has 1 aromatic heterocycles. The number of furan rings is 1. The van der Waals surface area contributed by atoms with Crippen molar-refractivity contribution in [1.82, 2.24) is 0 Å². The largest absolute Gasteiger partial charge is 0.503 e. The molecule has 3 aromatic carbocycles. The number of carbonyl (C=O) groups excluding carboxylic acids is 2. The van der Waals surface area contributed by atoms with Crippen LogP contribution in [-0.2, 0) is 4.79 Å². The predicted molar refractivity (Wildman–Crippen MR) is 118 cm³/mol. The molecule has 1 aliphatic heterocycles. The molecule has 4 aromatic rings. The van der Waals surface area contributed by atoms with Crippen molar-refractivity contribution in [1.29, 1.82) is 0 Å². The minimum Gasteiger partial charge on any atom is -0.503 e. The van der Waals surface area contributed by atoms with E-state index in [4.69, 9.17) is 16.0 Å². The molecule has 5 nitrogen and oxygen atoms in total. The first kappa shape index (κ1) is 20.0. The summed E-state index contributed by atoms with van der Waals surface area (Å²) in [7, 11) is 0. The number of hydrogen-bond acceptors (Lipinski definition) is 4. The second kappa shape index (κ2) is 7.66. The van der Waals surface area contributed by atoms with E-state index < -0.39 is 29.3 Å². The first-order valence-electron chi connectivity index (χ1n) is 9.75. The summed E-state index contributed by atoms with van der Waals surface area (Å²) in [5, 5.41) is 11.8. The van der Waals surface area contributed by atoms with E-state index in [9.17, 15) is 19.1 Å². The summed E-state index contributed by atoms with van der Waals surface area (Å²) < 4.78 is 20.5. The Morgan fingerprint density at radius 3 is 2.47 bits per heavy atom. The number of aliphatic hydroxyl groups is 1. The lowest BCUT2D eigenvalue weighted by Crippen LogP contribution is -2.31. The summed E-state index contributed by atoms with van der Waals surface area (Å²) in [6.07, 6.45) is 0. The van der Waals surface area contributed by atoms with Gasteiger partial charge in [0, 0.05) is 21.7 Å². The van der Waals surface area contributed by atoms with Crippen LogP contribution in [0.1, 0.15) is 22.2 Å². The molecule has 0 fully saturated rings. The number of hydrogen-bond donors (Lipinski definition) is 1. The van der Waals surface area contributed by atoms with Gasteiger partial charge in [-0.05, 0) is 42.5 Å². The van der Waals surface area contributed by atoms with Gasteiger partial charge in [0.1, 0.15) is 11.4 Å². The molecule has 1 atom stereocenters. The summed E-state index contributed by atoms with van der Waals surface area (Å²) in [6, 6.07) is 19.5. The number of fused-ring (bicyclic) bond motifs is 1. The highest BCUT2D eigenvalue weighted by Gasteiger charge is 2.46. The van der Waals surface area contributed by atoms with E-state index in [1.807, 2.05) is 0 Å². The van der Waals surface area contributed by atoms with Crippen LogP contribution in [0.5, 0.6) is 0 Å². The van der Waals surface area contributed by atoms with Gasteiger partial charge >= 0.3 is 0 Å². The van der Waals surface area contributed by atoms with Crippen LogP contribution in [-0.4, -0.2) is 16.8 Å². The van der Waals surface area contributed by atoms with Crippen molar-refractivity contribution >= 4 is 39.9 Å². The number of benzene rings is 3. The molecule has 1 aliphatic rings. The Balaban J connectivity index is 1.68. The Bertz CT molecular complexity index is 1410. The maximum atomic E-state index is 14.8. The zero-order chi connectivity index (χ0) is 22.4. The SMILES string of the molecule is O=C(C1=C(O)C(=O)N(c2ccccc2)C1c1ccccc1F)c1cc2cc(Cl)ccc2o1. The first-order chi connectivity index (χ1) is 15.5. The molecule has 0 saturated carbocycles. The fraction of sp³-hybridized carbons (Fsp3) is 0.0400. The number of carbonyl (C=O) groups is 2. The Labute approximate surface area is 186 Å². The molecule has 0 radical (unpaired) electrons. The lowest BCUT2D eigenvalue weighted by atomic mass is 9.94. The van der Waals surface area contributed by atoms with Crippen molar-refractivity contribution in [2.45, 2.75) is 6.04 Å². The van der Waals surface area contributed by atoms with Gasteiger partial charge in [-0.25, -0.2) is 4.39 Å². The highest BCUT2D eigenvalue weighted by atomic mass is 35.5. The number of amides is 1. The lowest BCUT2D eigenvalue weighted by molar-refractivity contribution is -0.117. The minimum absolute atomic E-state index is 0.0799. The van der Waals surface area contributed by atoms with Crippen LogP contribution in [0.3, 0.4) is 0 Å². The van der Waals surface area contributed by atoms with Crippen LogP contribution >= 0.6 is 11.6 Å². The molecule has 1 amide bonds. The molecule has 5 rings (SSSR count). The molecule has 2 heterocycles. The number of para-hydroxylation sites is 1. The second-order valence-corrected chi connectivity index (χ2v) is 7.76. The number of nitrogens with zero attached hydrogens (tertiary/aromatic N) is 1. The second-order valence-electron chi connectivity index (χ2n) is 7.32. The molecule has 7 heteroatoms. The van der Waals surface area contributed by atoms with Gasteiger partial charge in [-0.3, -0.25) is 14.5 Å². The summed E-state index contributed by atoms with van der Waals surface area (Å²) in [5.74, 6) is -2.96. The van der Waals surface area contributed by atoms with Crippen LogP contribution in [0, 0.1) is 5.82 Å². The smallest absolute Gasteiger partial charge is 0.294 e. The van der Waals surface area contributed by atoms with Crippen LogP contribution in [0.2, 0.25) is 5.02 Å². The van der Waals surface area contributed by atoms with Crippen molar-refractivity contribution < 1.29 is 23.5 Å². The number of halogens is 2. The van der Waals surface area contributed by atoms with Crippen molar-refractivity contribution in [3.05, 3.63) is 112 Å². The van der Waals surface area contributed by atoms with Crippen molar-refractivity contribution in [3.8, 4) is 0 Å². The summed E-state index contributed by atoms with van der Waals surface area (Å²) in [4.78, 5) is 27.8. The fourth-order valence-corrected chi connectivity index (χ4v) is 4.12. The Kier molecular flexibility index (Phi) is 4.79. The third-order valence-electron chi connectivity index (χ3n) is 5.39. The van der Waals surface area contributed by atoms with Gasteiger partial charge in [0.2, 0.25) is 5.78 Å². The van der Waals surface area contributed by atoms with E-state index in [0.717, 1.165) is 0 Å². The van der Waals surface area contributed by atoms with Crippen molar-refractivity contribution in [2.75, 3.05) is 4.90 Å². The van der Waals surface area contributed by atoms with Crippen LogP contribution < -0.4 is 4.90 Å². The van der Waals surface area contributed by atoms with E-state index >= 15 is 0 Å². The normalized spacial score (nSPS) is 16.2. The molecule has 1 unspecified atom stereocenters. The zero-order valence-electron chi connectivity index (χ0n) is 16.5. The lowest BCUT2D eigenvalue weighted by Gasteiger charge is -2.27. The van der Waals surface area contributed by atoms with Crippen LogP contribution in [0.25, 0.3) is 11.0 Å². The molecular formula is C25H15ClFNO4. The average molecular weight is 448 g/mol. The monoisotopic (exact) mass is 447 g/mol. The summed E-state index contributed by atoms with van der Waals surface area (Å²) >= 11 is 6.02. The van der Waals surface area contributed by atoms with E-state index in [1.165, 1.54) is 29.2 Å². The minimum atomic E-state index is -1.17. The number of anilines is 1. The molecule has 0 aliphatic carbocycles. The topological polar surface area (TPSA) is 70.8 Å². The Morgan fingerprint density at radius 2 is 1.72 bits per heavy atom. The van der Waals surface area contributed by atoms with Crippen molar-refractivity contribution in [2.24, 2.45) is 0 Å². The third kappa shape index (κ3) is 3.16. The maximum absolute atomic E-state index is 14.8. The van der Waals surface area contributed by atoms with Gasteiger partial charge in [0.25, 0.3) is 5.91 Å². The number of aliphatic hydroxyl groups excluding tert-OH is 1. The number of rotatable bonds is 4. The van der Waals surface area contributed by atoms with Gasteiger partial charge in [0.15, 0.2) is 11.5 Å². The molecule has 1 N–H and O–H groups in total. The molecule has 0 saturated heterocycles. The first-order valence-corrected chi connectivity index (χ1v) is 10.1. The molecule has 158 valence electrons. The molecule has 32 heavy (non-hydrogen) atoms. The van der Waals surface area contributed by atoms with E-state index in [2.05, 4.69) is 0 Å². The van der Waals surface area contributed by atoms with Crippen LogP contribution in [0.15, 0.2) is 94.6 Å². The van der Waals surface area contributed by atoms with E-state index in [-0.39, 0.29) is 16.9 Å². The van der Waals surface area contributed by atoms with Crippen molar-refractivity contribution in [3.63, 3.8) is 0 Å². The maximum Gasteiger partial charge on any atom is 0.294 e. The van der Waals surface area contributed by atoms with Gasteiger partial charge in [-0.1, -0.05) is 48.0 Å². The predicted octanol–water partition coefficient (Wildman–Crippen LogP) is 6.01. The van der Waals surface area contributed by atoms with Gasteiger partial charge in [-0.2, -0.15) is 0 Å². The highest BCUT2D eigenvalue weighted by Crippen LogP contribution is 2.43. The highest BCUT2D eigenvalue weighted by molar-refractivity contribution is 6.31. The van der Waals surface area contributed by atoms with Gasteiger partial charge in [-0.15, -0.1) is 0 Å². The zero-order valence-corrected chi connectivity index (χ0v) is 17.2. The quantitative estimate of drug-likeness (QED) is 0.389. The summed E-state index contributed by atoms with van der Waals surface area (Å²) in [6.45, 7) is 0. The van der Waals surface area contributed by atoms with Gasteiger partial charge < -0.3 is 9.52 Å². The van der Waals surface area contributed by atoms with E-state index in [1.54, 1.807) is 54.6 Å². The molecule has 0 spiro atoms. The third-order valence-corrected chi connectivity index (χ3v) is 5.62. The molecule has 0 bridgehead atoms. The molecular weight excluding hydrogens is 433 g/mol. The number of ketones is 1.